The van der Waals surface area contributed by atoms with Gasteiger partial charge in [0, 0.05) is 10.2 Å². The lowest BCUT2D eigenvalue weighted by Gasteiger charge is -2.18. The largest absolute Gasteiger partial charge is 0.172 e. The fourth-order valence-electron chi connectivity index (χ4n) is 6.38. The molecular formula is C46H60S2. The second kappa shape index (κ2) is 21.9. The molecule has 4 rings (SSSR count). The number of hydrogen-bond acceptors (Lipinski definition) is 2. The SMILES string of the molecule is CC.CCCCc1c2ccccc2c(CCCC)c2cc(/C(S)=C/C=C/C(S)CC/C=C/C(C)/C=C\Cc3ccccc3CC)ccc12. The van der Waals surface area contributed by atoms with Crippen molar-refractivity contribution in [2.75, 3.05) is 0 Å². The number of rotatable bonds is 17. The second-order valence-electron chi connectivity index (χ2n) is 12.6. The molecule has 0 saturated carbocycles. The first-order valence-corrected chi connectivity index (χ1v) is 19.5. The predicted octanol–water partition coefficient (Wildman–Crippen LogP) is 14.2. The Morgan fingerprint density at radius 2 is 1.29 bits per heavy atom. The third kappa shape index (κ3) is 11.6. The summed E-state index contributed by atoms with van der Waals surface area (Å²) >= 11 is 9.78. The molecule has 0 heterocycles. The molecule has 0 aliphatic carbocycles. The van der Waals surface area contributed by atoms with Gasteiger partial charge in [-0.2, -0.15) is 12.6 Å². The summed E-state index contributed by atoms with van der Waals surface area (Å²) in [4.78, 5) is 0.991. The molecule has 4 aromatic carbocycles. The molecule has 2 unspecified atom stereocenters. The van der Waals surface area contributed by atoms with Gasteiger partial charge in [0.25, 0.3) is 0 Å². The molecule has 0 N–H and O–H groups in total. The Morgan fingerprint density at radius 3 is 1.94 bits per heavy atom. The van der Waals surface area contributed by atoms with Gasteiger partial charge < -0.3 is 0 Å². The summed E-state index contributed by atoms with van der Waals surface area (Å²) in [6, 6.07) is 24.8. The van der Waals surface area contributed by atoms with Gasteiger partial charge in [-0.15, -0.1) is 12.6 Å². The summed E-state index contributed by atoms with van der Waals surface area (Å²) in [6.45, 7) is 13.0. The van der Waals surface area contributed by atoms with E-state index in [1.165, 1.54) is 75.0 Å². The summed E-state index contributed by atoms with van der Waals surface area (Å²) in [6.07, 6.45) is 26.8. The summed E-state index contributed by atoms with van der Waals surface area (Å²) in [5, 5.41) is 5.87. The van der Waals surface area contributed by atoms with Gasteiger partial charge in [-0.05, 0) is 119 Å². The molecule has 4 aromatic rings. The lowest BCUT2D eigenvalue weighted by Crippen LogP contribution is -1.97. The Morgan fingerprint density at radius 1 is 0.708 bits per heavy atom. The molecule has 0 fully saturated rings. The van der Waals surface area contributed by atoms with Crippen LogP contribution in [-0.4, -0.2) is 5.25 Å². The molecule has 2 heteroatoms. The zero-order valence-corrected chi connectivity index (χ0v) is 32.3. The molecule has 0 amide bonds. The van der Waals surface area contributed by atoms with Crippen molar-refractivity contribution in [3.63, 3.8) is 0 Å². The molecule has 0 radical (unpaired) electrons. The van der Waals surface area contributed by atoms with Gasteiger partial charge >= 0.3 is 0 Å². The third-order valence-electron chi connectivity index (χ3n) is 9.04. The quantitative estimate of drug-likeness (QED) is 0.0473. The van der Waals surface area contributed by atoms with E-state index >= 15 is 0 Å². The zero-order chi connectivity index (χ0) is 34.7. The highest BCUT2D eigenvalue weighted by atomic mass is 32.1. The standard InChI is InChI=1S/C44H54S2.C2H6/c1-5-8-25-38-39-27-14-15-28-40(39)41(26-9-6-2)43-32-36(30-31-42(38)43)44(46)29-17-24-37(45)23-13-10-18-33(4)19-16-22-35-21-12-11-20-34(35)7-3;1-2/h10-12,14-21,24,27-33,37,45-46H,5-9,13,22-23,25-26H2,1-4H3;1-2H3/b18-10+,19-16-,24-17+,44-29-;. The van der Waals surface area contributed by atoms with Gasteiger partial charge in [0.1, 0.15) is 0 Å². The zero-order valence-electron chi connectivity index (χ0n) is 30.5. The van der Waals surface area contributed by atoms with E-state index in [9.17, 15) is 0 Å². The molecule has 48 heavy (non-hydrogen) atoms. The maximum absolute atomic E-state index is 4.95. The highest BCUT2D eigenvalue weighted by Crippen LogP contribution is 2.37. The monoisotopic (exact) mass is 676 g/mol. The first-order valence-electron chi connectivity index (χ1n) is 18.6. The lowest BCUT2D eigenvalue weighted by atomic mass is 9.87. The Labute approximate surface area is 304 Å². The van der Waals surface area contributed by atoms with Crippen LogP contribution in [0.5, 0.6) is 0 Å². The van der Waals surface area contributed by atoms with Crippen molar-refractivity contribution in [3.8, 4) is 0 Å². The fraction of sp³-hybridized carbons (Fsp3) is 0.391. The maximum Gasteiger partial charge on any atom is 0.0202 e. The van der Waals surface area contributed by atoms with Crippen LogP contribution in [0, 0.1) is 5.92 Å². The van der Waals surface area contributed by atoms with Crippen LogP contribution in [0.2, 0.25) is 0 Å². The summed E-state index contributed by atoms with van der Waals surface area (Å²) < 4.78 is 0. The molecule has 0 aromatic heterocycles. The van der Waals surface area contributed by atoms with Crippen molar-refractivity contribution >= 4 is 51.7 Å². The smallest absolute Gasteiger partial charge is 0.0202 e. The van der Waals surface area contributed by atoms with Crippen molar-refractivity contribution in [2.45, 2.75) is 111 Å². The lowest BCUT2D eigenvalue weighted by molar-refractivity contribution is 0.797. The first kappa shape index (κ1) is 39.5. The van der Waals surface area contributed by atoms with Gasteiger partial charge in [-0.1, -0.05) is 152 Å². The molecule has 0 saturated heterocycles. The molecular weight excluding hydrogens is 617 g/mol. The van der Waals surface area contributed by atoms with Gasteiger partial charge in [0.05, 0.1) is 0 Å². The van der Waals surface area contributed by atoms with Gasteiger partial charge in [0.15, 0.2) is 0 Å². The van der Waals surface area contributed by atoms with Crippen molar-refractivity contribution in [1.82, 2.24) is 0 Å². The minimum Gasteiger partial charge on any atom is -0.172 e. The molecule has 0 aliphatic rings. The maximum atomic E-state index is 4.95. The van der Waals surface area contributed by atoms with Crippen LogP contribution in [0.4, 0.5) is 0 Å². The van der Waals surface area contributed by atoms with Crippen molar-refractivity contribution in [1.29, 1.82) is 0 Å². The number of thiol groups is 2. The van der Waals surface area contributed by atoms with E-state index in [1.807, 2.05) is 13.8 Å². The van der Waals surface area contributed by atoms with Crippen LogP contribution in [0.1, 0.15) is 108 Å². The molecule has 0 aliphatic heterocycles. The number of aryl methyl sites for hydroxylation is 3. The molecule has 2 atom stereocenters. The van der Waals surface area contributed by atoms with Gasteiger partial charge in [-0.25, -0.2) is 0 Å². The van der Waals surface area contributed by atoms with Crippen LogP contribution in [0.15, 0.2) is 109 Å². The number of fused-ring (bicyclic) bond motifs is 2. The van der Waals surface area contributed by atoms with Crippen LogP contribution in [0.3, 0.4) is 0 Å². The minimum absolute atomic E-state index is 0.211. The van der Waals surface area contributed by atoms with E-state index in [2.05, 4.69) is 137 Å². The van der Waals surface area contributed by atoms with Crippen molar-refractivity contribution in [3.05, 3.63) is 137 Å². The van der Waals surface area contributed by atoms with Crippen molar-refractivity contribution in [2.24, 2.45) is 5.92 Å². The van der Waals surface area contributed by atoms with Crippen LogP contribution in [0.25, 0.3) is 26.5 Å². The van der Waals surface area contributed by atoms with E-state index in [0.717, 1.165) is 43.4 Å². The first-order chi connectivity index (χ1) is 23.5. The number of unbranched alkanes of at least 4 members (excludes halogenated alkanes) is 2. The average Bonchev–Trinajstić information content (AvgIpc) is 3.12. The van der Waals surface area contributed by atoms with E-state index in [0.29, 0.717) is 5.92 Å². The topological polar surface area (TPSA) is 0 Å². The highest BCUT2D eigenvalue weighted by Gasteiger charge is 2.14. The summed E-state index contributed by atoms with van der Waals surface area (Å²) in [7, 11) is 0. The summed E-state index contributed by atoms with van der Waals surface area (Å²) in [5.41, 5.74) is 7.04. The predicted molar refractivity (Wildman–Crippen MR) is 225 cm³/mol. The van der Waals surface area contributed by atoms with E-state index in [1.54, 1.807) is 0 Å². The van der Waals surface area contributed by atoms with Gasteiger partial charge in [-0.3, -0.25) is 0 Å². The van der Waals surface area contributed by atoms with E-state index in [4.69, 9.17) is 25.3 Å². The van der Waals surface area contributed by atoms with Crippen LogP contribution in [-0.2, 0) is 25.7 Å². The normalized spacial score (nSPS) is 13.5. The average molecular weight is 677 g/mol. The van der Waals surface area contributed by atoms with Crippen LogP contribution < -0.4 is 0 Å². The van der Waals surface area contributed by atoms with Crippen LogP contribution >= 0.6 is 25.3 Å². The van der Waals surface area contributed by atoms with Gasteiger partial charge in [0.2, 0.25) is 0 Å². The Hall–Kier alpha value is -2.94. The Kier molecular flexibility index (Phi) is 18.0. The second-order valence-corrected chi connectivity index (χ2v) is 13.7. The molecule has 0 spiro atoms. The fourth-order valence-corrected chi connectivity index (χ4v) is 6.86. The number of allylic oxidation sites excluding steroid dienone is 6. The third-order valence-corrected chi connectivity index (χ3v) is 9.87. The van der Waals surface area contributed by atoms with E-state index < -0.39 is 0 Å². The number of hydrogen-bond donors (Lipinski definition) is 2. The summed E-state index contributed by atoms with van der Waals surface area (Å²) in [5.74, 6) is 0.433. The number of benzene rings is 4. The minimum atomic E-state index is 0.211. The molecule has 0 bridgehead atoms. The molecule has 256 valence electrons. The Bertz CT molecular complexity index is 1670. The van der Waals surface area contributed by atoms with Crippen molar-refractivity contribution < 1.29 is 0 Å². The Balaban J connectivity index is 0.00000307. The highest BCUT2D eigenvalue weighted by molar-refractivity contribution is 7.90. The molecule has 0 nitrogen and oxygen atoms in total. The van der Waals surface area contributed by atoms with E-state index in [-0.39, 0.29) is 5.25 Å².